The lowest BCUT2D eigenvalue weighted by atomic mass is 10.1. The minimum absolute atomic E-state index is 0.465. The van der Waals surface area contributed by atoms with E-state index in [0.29, 0.717) is 19.4 Å². The molecule has 0 aliphatic heterocycles. The molecule has 0 aromatic heterocycles. The molecule has 0 radical (unpaired) electrons. The molecule has 2 aromatic carbocycles. The number of benzene rings is 2. The van der Waals surface area contributed by atoms with Crippen LogP contribution in [0.25, 0.3) is 10.8 Å². The van der Waals surface area contributed by atoms with Gasteiger partial charge in [-0.2, -0.15) is 0 Å². The van der Waals surface area contributed by atoms with Crippen molar-refractivity contribution < 1.29 is 9.90 Å². The topological polar surface area (TPSA) is 75.7 Å². The van der Waals surface area contributed by atoms with Gasteiger partial charge in [0.1, 0.15) is 6.04 Å². The van der Waals surface area contributed by atoms with E-state index in [0.717, 1.165) is 16.3 Å². The predicted molar refractivity (Wildman–Crippen MR) is 92.6 cm³/mol. The Morgan fingerprint density at radius 2 is 1.91 bits per heavy atom. The number of carbonyl (C=O) groups is 1. The Bertz CT molecular complexity index is 618. The Morgan fingerprint density at radius 3 is 2.59 bits per heavy atom. The van der Waals surface area contributed by atoms with Crippen LogP contribution in [0.15, 0.2) is 47.5 Å². The molecule has 2 aromatic rings. The van der Waals surface area contributed by atoms with Crippen molar-refractivity contribution in [3.8, 4) is 0 Å². The van der Waals surface area contributed by atoms with Crippen molar-refractivity contribution in [2.75, 3.05) is 6.54 Å². The van der Waals surface area contributed by atoms with Gasteiger partial charge in [-0.25, -0.2) is 4.79 Å². The molecule has 22 heavy (non-hydrogen) atoms. The van der Waals surface area contributed by atoms with Gasteiger partial charge in [-0.1, -0.05) is 56.3 Å². The largest absolute Gasteiger partial charge is 0.480 e. The quantitative estimate of drug-likeness (QED) is 0.802. The fraction of sp³-hybridized carbons (Fsp3) is 0.333. The van der Waals surface area contributed by atoms with Crippen LogP contribution in [0.4, 0.5) is 0 Å². The smallest absolute Gasteiger partial charge is 0.328 e. The fourth-order valence-electron chi connectivity index (χ4n) is 2.11. The third-order valence-electron chi connectivity index (χ3n) is 3.18. The summed E-state index contributed by atoms with van der Waals surface area (Å²) in [6.07, 6.45) is 2.77. The van der Waals surface area contributed by atoms with Crippen molar-refractivity contribution in [2.45, 2.75) is 32.7 Å². The molecule has 0 heterocycles. The Kier molecular flexibility index (Phi) is 7.86. The van der Waals surface area contributed by atoms with Gasteiger partial charge in [-0.15, -0.1) is 0 Å². The molecule has 0 fully saturated rings. The van der Waals surface area contributed by atoms with Crippen LogP contribution in [0.3, 0.4) is 0 Å². The molecule has 0 spiro atoms. The Labute approximate surface area is 131 Å². The summed E-state index contributed by atoms with van der Waals surface area (Å²) in [4.78, 5) is 15.3. The normalized spacial score (nSPS) is 12.0. The second-order valence-corrected chi connectivity index (χ2v) is 4.63. The first kappa shape index (κ1) is 17.9. The maximum absolute atomic E-state index is 11.1. The van der Waals surface area contributed by atoms with Crippen molar-refractivity contribution in [1.82, 2.24) is 0 Å². The highest BCUT2D eigenvalue weighted by Gasteiger charge is 2.14. The average molecular weight is 300 g/mol. The fourth-order valence-corrected chi connectivity index (χ4v) is 2.11. The first-order chi connectivity index (χ1) is 10.7. The number of carboxylic acids is 1. The first-order valence-corrected chi connectivity index (χ1v) is 7.66. The second-order valence-electron chi connectivity index (χ2n) is 4.63. The number of nitrogens with zero attached hydrogens (tertiary/aromatic N) is 1. The monoisotopic (exact) mass is 300 g/mol. The van der Waals surface area contributed by atoms with Crippen LogP contribution in [-0.4, -0.2) is 29.9 Å². The lowest BCUT2D eigenvalue weighted by Crippen LogP contribution is -2.19. The highest BCUT2D eigenvalue weighted by Crippen LogP contribution is 2.17. The van der Waals surface area contributed by atoms with E-state index in [1.807, 2.05) is 56.3 Å². The van der Waals surface area contributed by atoms with Crippen LogP contribution in [0.5, 0.6) is 0 Å². The molecule has 1 unspecified atom stereocenters. The summed E-state index contributed by atoms with van der Waals surface area (Å²) in [7, 11) is 0. The molecule has 2 rings (SSSR count). The van der Waals surface area contributed by atoms with Crippen LogP contribution in [-0.2, 0) is 4.79 Å². The van der Waals surface area contributed by atoms with Gasteiger partial charge in [0.25, 0.3) is 0 Å². The summed E-state index contributed by atoms with van der Waals surface area (Å²) >= 11 is 0. The molecule has 0 bridgehead atoms. The average Bonchev–Trinajstić information content (AvgIpc) is 2.56. The van der Waals surface area contributed by atoms with E-state index in [1.165, 1.54) is 0 Å². The van der Waals surface area contributed by atoms with Gasteiger partial charge in [0.15, 0.2) is 0 Å². The Morgan fingerprint density at radius 1 is 1.23 bits per heavy atom. The summed E-state index contributed by atoms with van der Waals surface area (Å²) < 4.78 is 0. The van der Waals surface area contributed by atoms with Gasteiger partial charge in [-0.3, -0.25) is 4.99 Å². The highest BCUT2D eigenvalue weighted by atomic mass is 16.4. The van der Waals surface area contributed by atoms with Crippen LogP contribution < -0.4 is 5.73 Å². The summed E-state index contributed by atoms with van der Waals surface area (Å²) in [5.41, 5.74) is 6.35. The lowest BCUT2D eigenvalue weighted by Gasteiger charge is -2.06. The third kappa shape index (κ3) is 4.97. The molecule has 0 aliphatic carbocycles. The van der Waals surface area contributed by atoms with E-state index in [9.17, 15) is 4.79 Å². The number of nitrogens with two attached hydrogens (primary N) is 1. The number of aliphatic carboxylic acids is 1. The van der Waals surface area contributed by atoms with Gasteiger partial charge >= 0.3 is 5.97 Å². The molecule has 0 aliphatic rings. The summed E-state index contributed by atoms with van der Waals surface area (Å²) in [6.45, 7) is 4.48. The van der Waals surface area contributed by atoms with Gasteiger partial charge in [0.2, 0.25) is 0 Å². The van der Waals surface area contributed by atoms with Crippen molar-refractivity contribution in [3.63, 3.8) is 0 Å². The molecule has 118 valence electrons. The Hall–Kier alpha value is -2.20. The number of rotatable bonds is 6. The van der Waals surface area contributed by atoms with Crippen molar-refractivity contribution in [3.05, 3.63) is 48.0 Å². The summed E-state index contributed by atoms with van der Waals surface area (Å²) in [6, 6.07) is 13.1. The van der Waals surface area contributed by atoms with Crippen LogP contribution in [0.1, 0.15) is 32.3 Å². The van der Waals surface area contributed by atoms with Crippen LogP contribution in [0.2, 0.25) is 0 Å². The molecule has 3 N–H and O–H groups in total. The minimum Gasteiger partial charge on any atom is -0.480 e. The molecule has 0 saturated carbocycles. The zero-order valence-electron chi connectivity index (χ0n) is 13.2. The summed E-state index contributed by atoms with van der Waals surface area (Å²) in [5.74, 6) is -0.907. The van der Waals surface area contributed by atoms with Gasteiger partial charge in [0.05, 0.1) is 0 Å². The SMILES string of the molecule is CC.NCCCC(N=Cc1cccc2ccccc12)C(=O)O. The van der Waals surface area contributed by atoms with Crippen molar-refractivity contribution >= 4 is 23.0 Å². The zero-order valence-corrected chi connectivity index (χ0v) is 13.2. The summed E-state index contributed by atoms with van der Waals surface area (Å²) in [5, 5.41) is 11.3. The molecular weight excluding hydrogens is 276 g/mol. The molecule has 1 atom stereocenters. The maximum Gasteiger partial charge on any atom is 0.328 e. The van der Waals surface area contributed by atoms with Gasteiger partial charge in [0, 0.05) is 11.8 Å². The first-order valence-electron chi connectivity index (χ1n) is 7.66. The van der Waals surface area contributed by atoms with E-state index >= 15 is 0 Å². The standard InChI is InChI=1S/C16H18N2O2.C2H6/c17-10-4-9-15(16(19)20)18-11-13-7-3-6-12-5-1-2-8-14(12)13;1-2/h1-3,5-8,11,15H,4,9-10,17H2,(H,19,20);1-2H3. The molecular formula is C18H24N2O2. The van der Waals surface area contributed by atoms with E-state index < -0.39 is 12.0 Å². The van der Waals surface area contributed by atoms with Crippen molar-refractivity contribution in [1.29, 1.82) is 0 Å². The number of carboxylic acid groups (broad SMARTS) is 1. The number of aliphatic imine (C=N–C) groups is 1. The van der Waals surface area contributed by atoms with E-state index in [4.69, 9.17) is 10.8 Å². The molecule has 4 nitrogen and oxygen atoms in total. The number of fused-ring (bicyclic) bond motifs is 1. The number of hydrogen-bond acceptors (Lipinski definition) is 3. The van der Waals surface area contributed by atoms with Gasteiger partial charge in [-0.05, 0) is 30.2 Å². The van der Waals surface area contributed by atoms with Crippen molar-refractivity contribution in [2.24, 2.45) is 10.7 Å². The zero-order chi connectivity index (χ0) is 16.4. The third-order valence-corrected chi connectivity index (χ3v) is 3.18. The number of hydrogen-bond donors (Lipinski definition) is 2. The van der Waals surface area contributed by atoms with Crippen LogP contribution in [0, 0.1) is 0 Å². The van der Waals surface area contributed by atoms with Gasteiger partial charge < -0.3 is 10.8 Å². The predicted octanol–water partition coefficient (Wildman–Crippen LogP) is 3.48. The minimum atomic E-state index is -0.907. The molecule has 4 heteroatoms. The van der Waals surface area contributed by atoms with E-state index in [1.54, 1.807) is 6.21 Å². The van der Waals surface area contributed by atoms with Crippen LogP contribution >= 0.6 is 0 Å². The lowest BCUT2D eigenvalue weighted by molar-refractivity contribution is -0.138. The van der Waals surface area contributed by atoms with E-state index in [-0.39, 0.29) is 0 Å². The maximum atomic E-state index is 11.1. The Balaban J connectivity index is 0.00000116. The highest BCUT2D eigenvalue weighted by molar-refractivity contribution is 6.00. The molecule has 0 amide bonds. The van der Waals surface area contributed by atoms with E-state index in [2.05, 4.69) is 4.99 Å². The molecule has 0 saturated heterocycles. The second kappa shape index (κ2) is 9.68.